The van der Waals surface area contributed by atoms with Gasteiger partial charge in [0.15, 0.2) is 5.75 Å². The van der Waals surface area contributed by atoms with E-state index in [1.54, 1.807) is 35.3 Å². The lowest BCUT2D eigenvalue weighted by molar-refractivity contribution is -0.385. The van der Waals surface area contributed by atoms with Gasteiger partial charge in [-0.25, -0.2) is 0 Å². The third-order valence-electron chi connectivity index (χ3n) is 2.78. The van der Waals surface area contributed by atoms with E-state index in [1.807, 2.05) is 20.8 Å². The zero-order chi connectivity index (χ0) is 15.4. The molecule has 1 heterocycles. The van der Waals surface area contributed by atoms with Crippen LogP contribution in [0.3, 0.4) is 0 Å². The zero-order valence-corrected chi connectivity index (χ0v) is 12.2. The van der Waals surface area contributed by atoms with Crippen molar-refractivity contribution in [1.82, 2.24) is 9.78 Å². The molecule has 0 spiro atoms. The number of anilines is 2. The Balaban J connectivity index is 2.35. The van der Waals surface area contributed by atoms with E-state index in [1.165, 1.54) is 0 Å². The molecule has 7 nitrogen and oxygen atoms in total. The first kappa shape index (κ1) is 14.8. The Kier molecular flexibility index (Phi) is 4.42. The van der Waals surface area contributed by atoms with E-state index in [-0.39, 0.29) is 17.5 Å². The van der Waals surface area contributed by atoms with Crippen LogP contribution in [0, 0.1) is 10.1 Å². The van der Waals surface area contributed by atoms with Gasteiger partial charge < -0.3 is 10.1 Å². The molecule has 1 aromatic heterocycles. The van der Waals surface area contributed by atoms with Crippen LogP contribution >= 0.6 is 0 Å². The molecule has 21 heavy (non-hydrogen) atoms. The quantitative estimate of drug-likeness (QED) is 0.651. The van der Waals surface area contributed by atoms with Crippen molar-refractivity contribution in [3.8, 4) is 5.75 Å². The molecular formula is C14H18N4O3. The summed E-state index contributed by atoms with van der Waals surface area (Å²) in [6.07, 6.45) is 3.28. The summed E-state index contributed by atoms with van der Waals surface area (Å²) >= 11 is 0. The molecule has 0 bridgehead atoms. The maximum atomic E-state index is 11.3. The molecule has 112 valence electrons. The molecule has 1 N–H and O–H groups in total. The second-order valence-corrected chi connectivity index (χ2v) is 4.79. The molecule has 0 aliphatic carbocycles. The van der Waals surface area contributed by atoms with Crippen molar-refractivity contribution in [3.05, 3.63) is 40.7 Å². The number of hydrogen-bond acceptors (Lipinski definition) is 5. The van der Waals surface area contributed by atoms with E-state index in [9.17, 15) is 10.1 Å². The highest BCUT2D eigenvalue weighted by atomic mass is 16.6. The summed E-state index contributed by atoms with van der Waals surface area (Å²) in [4.78, 5) is 10.9. The first-order valence-corrected chi connectivity index (χ1v) is 6.74. The monoisotopic (exact) mass is 290 g/mol. The number of nitro benzene ring substituents is 1. The van der Waals surface area contributed by atoms with Gasteiger partial charge >= 0.3 is 5.69 Å². The Bertz CT molecular complexity index is 637. The van der Waals surface area contributed by atoms with E-state index >= 15 is 0 Å². The lowest BCUT2D eigenvalue weighted by Crippen LogP contribution is -2.08. The SMILES string of the molecule is CCn1cc(Nc2cccc(OC(C)C)c2[N+](=O)[O-])cn1. The summed E-state index contributed by atoms with van der Waals surface area (Å²) in [5.41, 5.74) is 1.01. The number of rotatable bonds is 6. The molecular weight excluding hydrogens is 272 g/mol. The normalized spacial score (nSPS) is 10.7. The third kappa shape index (κ3) is 3.50. The van der Waals surface area contributed by atoms with Gasteiger partial charge in [-0.3, -0.25) is 14.8 Å². The second-order valence-electron chi connectivity index (χ2n) is 4.79. The highest BCUT2D eigenvalue weighted by Gasteiger charge is 2.22. The molecule has 7 heteroatoms. The number of aryl methyl sites for hydroxylation is 1. The first-order chi connectivity index (χ1) is 10.0. The average Bonchev–Trinajstić information content (AvgIpc) is 2.85. The van der Waals surface area contributed by atoms with Crippen molar-refractivity contribution in [2.24, 2.45) is 0 Å². The second kappa shape index (κ2) is 6.25. The molecule has 0 aliphatic heterocycles. The number of para-hydroxylation sites is 1. The fourth-order valence-corrected chi connectivity index (χ4v) is 1.92. The number of ether oxygens (including phenoxy) is 1. The van der Waals surface area contributed by atoms with Gasteiger partial charge in [0.25, 0.3) is 0 Å². The number of nitrogens with one attached hydrogen (secondary N) is 1. The summed E-state index contributed by atoms with van der Waals surface area (Å²) < 4.78 is 7.25. The van der Waals surface area contributed by atoms with Gasteiger partial charge in [0.05, 0.1) is 22.9 Å². The van der Waals surface area contributed by atoms with Crippen LogP contribution in [-0.4, -0.2) is 20.8 Å². The molecule has 2 rings (SSSR count). The number of nitrogens with zero attached hydrogens (tertiary/aromatic N) is 3. The standard InChI is InChI=1S/C14H18N4O3/c1-4-17-9-11(8-15-17)16-12-6-5-7-13(21-10(2)3)14(12)18(19)20/h5-10,16H,4H2,1-3H3. The first-order valence-electron chi connectivity index (χ1n) is 6.74. The summed E-state index contributed by atoms with van der Waals surface area (Å²) in [6.45, 7) is 6.36. The maximum absolute atomic E-state index is 11.3. The fraction of sp³-hybridized carbons (Fsp3) is 0.357. The van der Waals surface area contributed by atoms with Crippen molar-refractivity contribution in [3.63, 3.8) is 0 Å². The molecule has 0 aliphatic rings. The highest BCUT2D eigenvalue weighted by molar-refractivity contribution is 5.73. The van der Waals surface area contributed by atoms with E-state index in [0.717, 1.165) is 6.54 Å². The molecule has 1 aromatic carbocycles. The molecule has 0 unspecified atom stereocenters. The molecule has 0 saturated carbocycles. The highest BCUT2D eigenvalue weighted by Crippen LogP contribution is 2.36. The van der Waals surface area contributed by atoms with E-state index in [0.29, 0.717) is 11.4 Å². The average molecular weight is 290 g/mol. The van der Waals surface area contributed by atoms with Crippen molar-refractivity contribution >= 4 is 17.1 Å². The van der Waals surface area contributed by atoms with E-state index in [4.69, 9.17) is 4.74 Å². The van der Waals surface area contributed by atoms with Crippen LogP contribution < -0.4 is 10.1 Å². The maximum Gasteiger partial charge on any atom is 0.334 e. The smallest absolute Gasteiger partial charge is 0.334 e. The van der Waals surface area contributed by atoms with Gasteiger partial charge in [-0.2, -0.15) is 5.10 Å². The van der Waals surface area contributed by atoms with Gasteiger partial charge in [0, 0.05) is 12.7 Å². The van der Waals surface area contributed by atoms with Crippen LogP contribution in [0.2, 0.25) is 0 Å². The lowest BCUT2D eigenvalue weighted by atomic mass is 10.2. The number of aromatic nitrogens is 2. The Morgan fingerprint density at radius 2 is 2.24 bits per heavy atom. The van der Waals surface area contributed by atoms with Crippen LogP contribution in [0.15, 0.2) is 30.6 Å². The molecule has 0 fully saturated rings. The Hall–Kier alpha value is -2.57. The number of hydrogen-bond donors (Lipinski definition) is 1. The molecule has 0 radical (unpaired) electrons. The molecule has 0 amide bonds. The van der Waals surface area contributed by atoms with Crippen molar-refractivity contribution < 1.29 is 9.66 Å². The predicted molar refractivity (Wildman–Crippen MR) is 80.0 cm³/mol. The minimum atomic E-state index is -0.440. The van der Waals surface area contributed by atoms with Gasteiger partial charge in [0.1, 0.15) is 5.69 Å². The number of benzene rings is 1. The van der Waals surface area contributed by atoms with Crippen molar-refractivity contribution in [2.45, 2.75) is 33.4 Å². The van der Waals surface area contributed by atoms with Crippen LogP contribution in [0.25, 0.3) is 0 Å². The van der Waals surface area contributed by atoms with Crippen LogP contribution in [0.5, 0.6) is 5.75 Å². The zero-order valence-electron chi connectivity index (χ0n) is 12.2. The predicted octanol–water partition coefficient (Wildman–Crippen LogP) is 3.34. The van der Waals surface area contributed by atoms with Gasteiger partial charge in [-0.1, -0.05) is 6.07 Å². The van der Waals surface area contributed by atoms with E-state index < -0.39 is 4.92 Å². The Morgan fingerprint density at radius 3 is 2.81 bits per heavy atom. The lowest BCUT2D eigenvalue weighted by Gasteiger charge is -2.12. The molecule has 0 atom stereocenters. The Morgan fingerprint density at radius 1 is 1.48 bits per heavy atom. The molecule has 2 aromatic rings. The van der Waals surface area contributed by atoms with Crippen LogP contribution in [0.1, 0.15) is 20.8 Å². The van der Waals surface area contributed by atoms with Gasteiger partial charge in [-0.15, -0.1) is 0 Å². The summed E-state index contributed by atoms with van der Waals surface area (Å²) in [5.74, 6) is 0.253. The van der Waals surface area contributed by atoms with E-state index in [2.05, 4.69) is 10.4 Å². The topological polar surface area (TPSA) is 82.2 Å². The third-order valence-corrected chi connectivity index (χ3v) is 2.78. The van der Waals surface area contributed by atoms with Crippen molar-refractivity contribution in [2.75, 3.05) is 5.32 Å². The summed E-state index contributed by atoms with van der Waals surface area (Å²) in [7, 11) is 0. The van der Waals surface area contributed by atoms with Gasteiger partial charge in [-0.05, 0) is 32.9 Å². The molecule has 0 saturated heterocycles. The number of nitro groups is 1. The van der Waals surface area contributed by atoms with Gasteiger partial charge in [0.2, 0.25) is 0 Å². The Labute approximate surface area is 122 Å². The fourth-order valence-electron chi connectivity index (χ4n) is 1.92. The summed E-state index contributed by atoms with van der Waals surface area (Å²) in [5, 5.41) is 18.5. The van der Waals surface area contributed by atoms with Crippen molar-refractivity contribution in [1.29, 1.82) is 0 Å². The largest absolute Gasteiger partial charge is 0.484 e. The van der Waals surface area contributed by atoms with Crippen LogP contribution in [-0.2, 0) is 6.54 Å². The minimum absolute atomic E-state index is 0.0737. The summed E-state index contributed by atoms with van der Waals surface area (Å²) in [6, 6.07) is 4.96. The van der Waals surface area contributed by atoms with Crippen LogP contribution in [0.4, 0.5) is 17.1 Å². The minimum Gasteiger partial charge on any atom is -0.484 e.